The average molecular weight is 436 g/mol. The second-order valence-electron chi connectivity index (χ2n) is 7.03. The Bertz CT molecular complexity index is 1150. The Kier molecular flexibility index (Phi) is 5.77. The van der Waals surface area contributed by atoms with Crippen LogP contribution in [0.15, 0.2) is 61.2 Å². The number of carboxylic acids is 1. The molecular weight excluding hydrogens is 414 g/mol. The fourth-order valence-corrected chi connectivity index (χ4v) is 5.00. The Balaban J connectivity index is 1.86. The van der Waals surface area contributed by atoms with E-state index >= 15 is 0 Å². The van der Waals surface area contributed by atoms with Crippen LogP contribution in [0.1, 0.15) is 32.5 Å². The number of fused-ring (bicyclic) bond motifs is 1. The number of methoxy groups -OCH3 is 1. The van der Waals surface area contributed by atoms with E-state index in [2.05, 4.69) is 11.9 Å². The zero-order chi connectivity index (χ0) is 22.0. The fourth-order valence-electron chi connectivity index (χ4n) is 3.76. The minimum Gasteiger partial charge on any atom is -0.493 e. The Morgan fingerprint density at radius 3 is 2.71 bits per heavy atom. The lowest BCUT2D eigenvalue weighted by atomic mass is 9.88. The summed E-state index contributed by atoms with van der Waals surface area (Å²) in [6.07, 6.45) is 1.86. The maximum atomic E-state index is 12.6. The molecule has 1 amide bonds. The highest BCUT2D eigenvalue weighted by Gasteiger charge is 2.34. The normalized spacial score (nSPS) is 15.0. The molecule has 31 heavy (non-hydrogen) atoms. The number of hydrogen-bond donors (Lipinski definition) is 2. The second kappa shape index (κ2) is 8.65. The third-order valence-electron chi connectivity index (χ3n) is 5.11. The van der Waals surface area contributed by atoms with Crippen molar-refractivity contribution in [3.8, 4) is 22.6 Å². The Hall–Kier alpha value is -3.58. The first kappa shape index (κ1) is 20.7. The topological polar surface area (TPSA) is 84.9 Å². The second-order valence-corrected chi connectivity index (χ2v) is 8.08. The van der Waals surface area contributed by atoms with Crippen molar-refractivity contribution in [1.82, 2.24) is 0 Å². The highest BCUT2D eigenvalue weighted by atomic mass is 32.1. The monoisotopic (exact) mass is 435 g/mol. The summed E-state index contributed by atoms with van der Waals surface area (Å²) in [6.45, 7) is 3.98. The van der Waals surface area contributed by atoms with Crippen molar-refractivity contribution in [3.05, 3.63) is 76.5 Å². The molecular formula is C24H21NO5S. The van der Waals surface area contributed by atoms with Crippen LogP contribution < -0.4 is 14.8 Å². The number of carbonyl (C=O) groups excluding carboxylic acids is 1. The summed E-state index contributed by atoms with van der Waals surface area (Å²) in [4.78, 5) is 25.7. The Morgan fingerprint density at radius 1 is 1.26 bits per heavy atom. The van der Waals surface area contributed by atoms with Crippen LogP contribution in [0.5, 0.6) is 11.5 Å². The Labute approximate surface area is 183 Å². The maximum absolute atomic E-state index is 12.6. The van der Waals surface area contributed by atoms with E-state index in [1.165, 1.54) is 11.3 Å². The van der Waals surface area contributed by atoms with E-state index in [1.54, 1.807) is 19.3 Å². The number of amides is 1. The predicted molar refractivity (Wildman–Crippen MR) is 120 cm³/mol. The van der Waals surface area contributed by atoms with Crippen LogP contribution in [0.4, 0.5) is 5.69 Å². The van der Waals surface area contributed by atoms with E-state index in [9.17, 15) is 14.7 Å². The smallest absolute Gasteiger partial charge is 0.346 e. The van der Waals surface area contributed by atoms with E-state index in [0.29, 0.717) is 29.4 Å². The zero-order valence-electron chi connectivity index (χ0n) is 16.9. The summed E-state index contributed by atoms with van der Waals surface area (Å²) < 4.78 is 11.1. The number of carbonyl (C=O) groups is 2. The number of hydrogen-bond acceptors (Lipinski definition) is 5. The number of benzene rings is 2. The van der Waals surface area contributed by atoms with Gasteiger partial charge in [0, 0.05) is 22.8 Å². The number of aromatic carboxylic acids is 1. The first-order valence-corrected chi connectivity index (χ1v) is 10.5. The van der Waals surface area contributed by atoms with Crippen LogP contribution in [0.25, 0.3) is 11.1 Å². The minimum absolute atomic E-state index is 0.159. The van der Waals surface area contributed by atoms with Crippen LogP contribution >= 0.6 is 11.3 Å². The van der Waals surface area contributed by atoms with Crippen molar-refractivity contribution in [2.24, 2.45) is 0 Å². The summed E-state index contributed by atoms with van der Waals surface area (Å²) in [5.41, 5.74) is 2.72. The van der Waals surface area contributed by atoms with E-state index < -0.39 is 5.97 Å². The molecule has 1 aliphatic rings. The number of anilines is 1. The van der Waals surface area contributed by atoms with Gasteiger partial charge in [-0.25, -0.2) is 4.79 Å². The molecule has 0 fully saturated rings. The maximum Gasteiger partial charge on any atom is 0.346 e. The van der Waals surface area contributed by atoms with Gasteiger partial charge in [-0.15, -0.1) is 11.3 Å². The number of thiophene rings is 1. The molecule has 0 spiro atoms. The van der Waals surface area contributed by atoms with Crippen LogP contribution in [-0.2, 0) is 4.79 Å². The van der Waals surface area contributed by atoms with Crippen molar-refractivity contribution in [3.63, 3.8) is 0 Å². The van der Waals surface area contributed by atoms with Crippen LogP contribution in [-0.4, -0.2) is 30.7 Å². The molecule has 0 bridgehead atoms. The molecule has 3 aromatic rings. The van der Waals surface area contributed by atoms with Gasteiger partial charge in [-0.2, -0.15) is 0 Å². The predicted octanol–water partition coefficient (Wildman–Crippen LogP) is 5.16. The first-order valence-electron chi connectivity index (χ1n) is 9.70. The largest absolute Gasteiger partial charge is 0.493 e. The molecule has 6 nitrogen and oxygen atoms in total. The van der Waals surface area contributed by atoms with Gasteiger partial charge in [0.1, 0.15) is 11.5 Å². The summed E-state index contributed by atoms with van der Waals surface area (Å²) in [5, 5.41) is 12.8. The molecule has 2 N–H and O–H groups in total. The molecule has 0 saturated carbocycles. The summed E-state index contributed by atoms with van der Waals surface area (Å²) in [5.74, 6) is -0.342. The average Bonchev–Trinajstić information content (AvgIpc) is 3.17. The van der Waals surface area contributed by atoms with Crippen molar-refractivity contribution in [2.45, 2.75) is 12.3 Å². The van der Waals surface area contributed by atoms with Gasteiger partial charge >= 0.3 is 5.97 Å². The fraction of sp³-hybridized carbons (Fsp3) is 0.167. The van der Waals surface area contributed by atoms with Gasteiger partial charge < -0.3 is 19.9 Å². The van der Waals surface area contributed by atoms with E-state index in [1.807, 2.05) is 42.5 Å². The van der Waals surface area contributed by atoms with Crippen LogP contribution in [0.2, 0.25) is 0 Å². The third-order valence-corrected chi connectivity index (χ3v) is 6.40. The summed E-state index contributed by atoms with van der Waals surface area (Å²) in [7, 11) is 1.56. The molecule has 0 unspecified atom stereocenters. The lowest BCUT2D eigenvalue weighted by Crippen LogP contribution is -2.22. The molecule has 1 aromatic heterocycles. The van der Waals surface area contributed by atoms with Gasteiger partial charge in [-0.1, -0.05) is 49.1 Å². The Morgan fingerprint density at radius 2 is 2.03 bits per heavy atom. The van der Waals surface area contributed by atoms with Gasteiger partial charge in [0.05, 0.1) is 12.8 Å². The molecule has 2 heterocycles. The zero-order valence-corrected chi connectivity index (χ0v) is 17.7. The van der Waals surface area contributed by atoms with Gasteiger partial charge in [-0.3, -0.25) is 4.79 Å². The molecule has 4 rings (SSSR count). The quantitative estimate of drug-likeness (QED) is 0.501. The van der Waals surface area contributed by atoms with Crippen molar-refractivity contribution in [1.29, 1.82) is 0 Å². The molecule has 2 aromatic carbocycles. The van der Waals surface area contributed by atoms with E-state index in [-0.39, 0.29) is 23.1 Å². The van der Waals surface area contributed by atoms with Crippen molar-refractivity contribution >= 4 is 28.9 Å². The van der Waals surface area contributed by atoms with Gasteiger partial charge in [0.15, 0.2) is 11.5 Å². The molecule has 1 aliphatic heterocycles. The molecule has 0 radical (unpaired) electrons. The van der Waals surface area contributed by atoms with Gasteiger partial charge in [0.25, 0.3) is 0 Å². The SMILES string of the molecule is C=CCOc1cc([C@@H]2CC(=O)Nc3c2sc(C(=O)O)c3-c2ccccc2)ccc1OC. The third kappa shape index (κ3) is 3.92. The van der Waals surface area contributed by atoms with Crippen molar-refractivity contribution in [2.75, 3.05) is 19.0 Å². The lowest BCUT2D eigenvalue weighted by Gasteiger charge is -2.24. The minimum atomic E-state index is -1.02. The van der Waals surface area contributed by atoms with Crippen molar-refractivity contribution < 1.29 is 24.2 Å². The molecule has 0 aliphatic carbocycles. The summed E-state index contributed by atoms with van der Waals surface area (Å²) in [6, 6.07) is 14.8. The number of carboxylic acid groups (broad SMARTS) is 1. The summed E-state index contributed by atoms with van der Waals surface area (Å²) >= 11 is 1.20. The molecule has 1 atom stereocenters. The molecule has 0 saturated heterocycles. The van der Waals surface area contributed by atoms with Gasteiger partial charge in [-0.05, 0) is 23.3 Å². The highest BCUT2D eigenvalue weighted by molar-refractivity contribution is 7.15. The highest BCUT2D eigenvalue weighted by Crippen LogP contribution is 2.50. The van der Waals surface area contributed by atoms with Crippen LogP contribution in [0, 0.1) is 0 Å². The number of rotatable bonds is 7. The van der Waals surface area contributed by atoms with E-state index in [0.717, 1.165) is 16.0 Å². The lowest BCUT2D eigenvalue weighted by molar-refractivity contribution is -0.116. The first-order chi connectivity index (χ1) is 15.0. The van der Waals surface area contributed by atoms with E-state index in [4.69, 9.17) is 9.47 Å². The molecule has 7 heteroatoms. The molecule has 158 valence electrons. The number of nitrogens with one attached hydrogen (secondary N) is 1. The van der Waals surface area contributed by atoms with Crippen LogP contribution in [0.3, 0.4) is 0 Å². The van der Waals surface area contributed by atoms with Gasteiger partial charge in [0.2, 0.25) is 5.91 Å². The number of ether oxygens (including phenoxy) is 2. The standard InChI is InChI=1S/C24H21NO5S/c1-3-11-30-18-12-15(9-10-17(18)29-2)16-13-19(26)25-21-20(14-7-5-4-6-8-14)23(24(27)28)31-22(16)21/h3-10,12,16H,1,11,13H2,2H3,(H,25,26)(H,27,28)/t16-/m0/s1.